The minimum atomic E-state index is -0.175. The molecule has 1 aromatic heterocycles. The van der Waals surface area contributed by atoms with Crippen molar-refractivity contribution < 1.29 is 4.79 Å². The second-order valence-corrected chi connectivity index (χ2v) is 9.45. The molecule has 1 amide bonds. The van der Waals surface area contributed by atoms with Gasteiger partial charge in [-0.3, -0.25) is 4.79 Å². The minimum Gasteiger partial charge on any atom is -0.359 e. The van der Waals surface area contributed by atoms with Crippen LogP contribution in [0.25, 0.3) is 11.1 Å². The van der Waals surface area contributed by atoms with E-state index >= 15 is 0 Å². The van der Waals surface area contributed by atoms with E-state index in [2.05, 4.69) is 47.2 Å². The van der Waals surface area contributed by atoms with E-state index < -0.39 is 0 Å². The van der Waals surface area contributed by atoms with Crippen LogP contribution >= 0.6 is 23.6 Å². The Kier molecular flexibility index (Phi) is 7.52. The first kappa shape index (κ1) is 23.1. The number of rotatable bonds is 6. The largest absolute Gasteiger partial charge is 0.359 e. The van der Waals surface area contributed by atoms with Gasteiger partial charge in [0.2, 0.25) is 0 Å². The van der Waals surface area contributed by atoms with Gasteiger partial charge in [-0.25, -0.2) is 4.98 Å². The average Bonchev–Trinajstić information content (AvgIpc) is 3.35. The molecular weight excluding hydrogens is 448 g/mol. The van der Waals surface area contributed by atoms with Crippen molar-refractivity contribution in [1.82, 2.24) is 15.2 Å². The van der Waals surface area contributed by atoms with Crippen LogP contribution < -0.4 is 10.6 Å². The number of anilines is 1. The lowest BCUT2D eigenvalue weighted by molar-refractivity contribution is 0.102. The lowest BCUT2D eigenvalue weighted by atomic mass is 9.98. The maximum absolute atomic E-state index is 13.0. The molecule has 4 rings (SSSR count). The molecule has 1 aliphatic heterocycles. The normalized spacial score (nSPS) is 14.0. The van der Waals surface area contributed by atoms with E-state index in [1.807, 2.05) is 35.7 Å². The predicted molar refractivity (Wildman–Crippen MR) is 141 cm³/mol. The number of thiocarbonyl (C=S) groups is 1. The van der Waals surface area contributed by atoms with Crippen LogP contribution in [0.1, 0.15) is 39.8 Å². The summed E-state index contributed by atoms with van der Waals surface area (Å²) in [5, 5.41) is 9.93. The van der Waals surface area contributed by atoms with E-state index in [0.717, 1.165) is 58.4 Å². The molecule has 1 fully saturated rings. The molecule has 5 nitrogen and oxygen atoms in total. The summed E-state index contributed by atoms with van der Waals surface area (Å²) in [5.41, 5.74) is 4.49. The number of hydrogen-bond acceptors (Lipinski definition) is 4. The molecule has 1 aliphatic rings. The monoisotopic (exact) mass is 476 g/mol. The fraction of sp³-hybridized carbons (Fsp3) is 0.269. The Morgan fingerprint density at radius 1 is 1.24 bits per heavy atom. The zero-order chi connectivity index (χ0) is 23.2. The van der Waals surface area contributed by atoms with Crippen LogP contribution in [0, 0.1) is 6.92 Å². The second kappa shape index (κ2) is 10.7. The van der Waals surface area contributed by atoms with Crippen molar-refractivity contribution >= 4 is 40.3 Å². The van der Waals surface area contributed by atoms with Gasteiger partial charge in [0, 0.05) is 42.2 Å². The first-order valence-electron chi connectivity index (χ1n) is 11.1. The summed E-state index contributed by atoms with van der Waals surface area (Å²) in [6.07, 6.45) is 3.75. The van der Waals surface area contributed by atoms with Crippen molar-refractivity contribution in [1.29, 1.82) is 0 Å². The Morgan fingerprint density at radius 2 is 2.00 bits per heavy atom. The van der Waals surface area contributed by atoms with Crippen molar-refractivity contribution in [2.45, 2.75) is 25.7 Å². The van der Waals surface area contributed by atoms with Crippen LogP contribution in [-0.4, -0.2) is 40.5 Å². The topological polar surface area (TPSA) is 57.3 Å². The van der Waals surface area contributed by atoms with Crippen molar-refractivity contribution in [3.05, 3.63) is 82.8 Å². The van der Waals surface area contributed by atoms with Gasteiger partial charge < -0.3 is 15.5 Å². The zero-order valence-electron chi connectivity index (χ0n) is 18.7. The molecule has 2 heterocycles. The fourth-order valence-corrected chi connectivity index (χ4v) is 5.23. The Morgan fingerprint density at radius 3 is 2.73 bits per heavy atom. The molecule has 0 saturated carbocycles. The number of piperidine rings is 1. The molecule has 0 radical (unpaired) electrons. The van der Waals surface area contributed by atoms with Crippen molar-refractivity contribution in [3.8, 4) is 11.1 Å². The molecule has 0 atom stereocenters. The third-order valence-corrected chi connectivity index (χ3v) is 7.20. The number of nitrogens with one attached hydrogen (secondary N) is 2. The quantitative estimate of drug-likeness (QED) is 0.358. The SMILES string of the molecule is C=CCNC(=S)N1CCC(c2nc(C(=O)Nc3ccc(C)cc3-c3ccccc3)cs2)CC1. The number of aryl methyl sites for hydroxylation is 1. The van der Waals surface area contributed by atoms with E-state index in [0.29, 0.717) is 18.2 Å². The Bertz CT molecular complexity index is 1130. The fourth-order valence-electron chi connectivity index (χ4n) is 3.99. The minimum absolute atomic E-state index is 0.175. The Hall–Kier alpha value is -3.03. The second-order valence-electron chi connectivity index (χ2n) is 8.18. The predicted octanol–water partition coefficient (Wildman–Crippen LogP) is 5.61. The van der Waals surface area contributed by atoms with Crippen LogP contribution in [-0.2, 0) is 0 Å². The average molecular weight is 477 g/mol. The summed E-state index contributed by atoms with van der Waals surface area (Å²) < 4.78 is 0. The maximum atomic E-state index is 13.0. The van der Waals surface area contributed by atoms with E-state index in [-0.39, 0.29) is 5.91 Å². The number of benzene rings is 2. The summed E-state index contributed by atoms with van der Waals surface area (Å²) in [7, 11) is 0. The molecule has 33 heavy (non-hydrogen) atoms. The third-order valence-electron chi connectivity index (χ3n) is 5.79. The number of hydrogen-bond donors (Lipinski definition) is 2. The lowest BCUT2D eigenvalue weighted by Gasteiger charge is -2.33. The lowest BCUT2D eigenvalue weighted by Crippen LogP contribution is -2.43. The van der Waals surface area contributed by atoms with Gasteiger partial charge in [-0.15, -0.1) is 17.9 Å². The van der Waals surface area contributed by atoms with E-state index in [1.165, 1.54) is 0 Å². The third kappa shape index (κ3) is 5.67. The van der Waals surface area contributed by atoms with Crippen LogP contribution in [0.4, 0.5) is 5.69 Å². The molecule has 0 bridgehead atoms. The number of carbonyl (C=O) groups is 1. The molecule has 0 aliphatic carbocycles. The highest BCUT2D eigenvalue weighted by atomic mass is 32.1. The van der Waals surface area contributed by atoms with Gasteiger partial charge in [0.25, 0.3) is 5.91 Å². The van der Waals surface area contributed by atoms with Crippen LogP contribution in [0.3, 0.4) is 0 Å². The summed E-state index contributed by atoms with van der Waals surface area (Å²) in [6, 6.07) is 16.2. The van der Waals surface area contributed by atoms with E-state index in [9.17, 15) is 4.79 Å². The highest BCUT2D eigenvalue weighted by Gasteiger charge is 2.25. The Labute approximate surface area is 204 Å². The zero-order valence-corrected chi connectivity index (χ0v) is 20.3. The van der Waals surface area contributed by atoms with E-state index in [4.69, 9.17) is 17.2 Å². The van der Waals surface area contributed by atoms with Gasteiger partial charge in [0.05, 0.1) is 5.01 Å². The smallest absolute Gasteiger partial charge is 0.275 e. The summed E-state index contributed by atoms with van der Waals surface area (Å²) in [6.45, 7) is 8.22. The standard InChI is InChI=1S/C26H28N4OS2/c1-3-13-27-26(32)30-14-11-20(12-15-30)25-29-23(17-33-25)24(31)28-22-10-9-18(2)16-21(22)19-7-5-4-6-8-19/h3-10,16-17,20H,1,11-15H2,2H3,(H,27,32)(H,28,31). The van der Waals surface area contributed by atoms with Crippen LogP contribution in [0.2, 0.25) is 0 Å². The molecule has 1 saturated heterocycles. The van der Waals surface area contributed by atoms with Crippen LogP contribution in [0.15, 0.2) is 66.6 Å². The first-order valence-corrected chi connectivity index (χ1v) is 12.4. The number of thiazole rings is 1. The molecule has 2 N–H and O–H groups in total. The van der Waals surface area contributed by atoms with Gasteiger partial charge in [0.1, 0.15) is 5.69 Å². The summed E-state index contributed by atoms with van der Waals surface area (Å²) in [4.78, 5) is 19.9. The summed E-state index contributed by atoms with van der Waals surface area (Å²) >= 11 is 7.02. The number of carbonyl (C=O) groups excluding carboxylic acids is 1. The molecule has 0 spiro atoms. The molecule has 2 aromatic carbocycles. The summed E-state index contributed by atoms with van der Waals surface area (Å²) in [5.74, 6) is 0.181. The van der Waals surface area contributed by atoms with Crippen LogP contribution in [0.5, 0.6) is 0 Å². The highest BCUT2D eigenvalue weighted by molar-refractivity contribution is 7.80. The number of nitrogens with zero attached hydrogens (tertiary/aromatic N) is 2. The maximum Gasteiger partial charge on any atom is 0.275 e. The number of likely N-dealkylation sites (tertiary alicyclic amines) is 1. The molecule has 3 aromatic rings. The van der Waals surface area contributed by atoms with Crippen molar-refractivity contribution in [2.75, 3.05) is 25.0 Å². The molecule has 0 unspecified atom stereocenters. The number of aromatic nitrogens is 1. The van der Waals surface area contributed by atoms with Gasteiger partial charge in [0.15, 0.2) is 5.11 Å². The van der Waals surface area contributed by atoms with Crippen molar-refractivity contribution in [2.24, 2.45) is 0 Å². The number of amides is 1. The van der Waals surface area contributed by atoms with Gasteiger partial charge >= 0.3 is 0 Å². The molecule has 170 valence electrons. The van der Waals surface area contributed by atoms with Gasteiger partial charge in [-0.2, -0.15) is 0 Å². The van der Waals surface area contributed by atoms with Crippen molar-refractivity contribution in [3.63, 3.8) is 0 Å². The Balaban J connectivity index is 1.42. The molecular formula is C26H28N4OS2. The van der Waals surface area contributed by atoms with Gasteiger partial charge in [-0.05, 0) is 49.7 Å². The van der Waals surface area contributed by atoms with E-state index in [1.54, 1.807) is 17.4 Å². The highest BCUT2D eigenvalue weighted by Crippen LogP contribution is 2.32. The first-order chi connectivity index (χ1) is 16.0. The molecule has 7 heteroatoms. The van der Waals surface area contributed by atoms with Gasteiger partial charge in [-0.1, -0.05) is 48.0 Å².